The van der Waals surface area contributed by atoms with E-state index in [2.05, 4.69) is 21.1 Å². The van der Waals surface area contributed by atoms with Crippen LogP contribution < -0.4 is 10.6 Å². The van der Waals surface area contributed by atoms with Gasteiger partial charge in [0, 0.05) is 35.6 Å². The van der Waals surface area contributed by atoms with Crippen LogP contribution >= 0.6 is 11.8 Å². The molecule has 2 N–H and O–H groups in total. The number of hydrogen-bond acceptors (Lipinski definition) is 5. The molecule has 2 aliphatic rings. The molecule has 0 aromatic carbocycles. The van der Waals surface area contributed by atoms with E-state index < -0.39 is 0 Å². The van der Waals surface area contributed by atoms with E-state index in [1.165, 1.54) is 23.5 Å². The Hall–Kier alpha value is -0.810. The van der Waals surface area contributed by atoms with Crippen molar-refractivity contribution in [1.82, 2.24) is 9.97 Å². The lowest BCUT2D eigenvalue weighted by molar-refractivity contribution is 0.454. The Balaban J connectivity index is 1.77. The van der Waals surface area contributed by atoms with Crippen molar-refractivity contribution in [3.63, 3.8) is 0 Å². The summed E-state index contributed by atoms with van der Waals surface area (Å²) in [6.45, 7) is 2.92. The summed E-state index contributed by atoms with van der Waals surface area (Å²) in [5.74, 6) is 1.19. The van der Waals surface area contributed by atoms with Gasteiger partial charge in [-0.25, -0.2) is 9.97 Å². The molecule has 19 heavy (non-hydrogen) atoms. The molecule has 0 bridgehead atoms. The van der Waals surface area contributed by atoms with Crippen molar-refractivity contribution in [3.05, 3.63) is 17.6 Å². The zero-order chi connectivity index (χ0) is 13.3. The summed E-state index contributed by atoms with van der Waals surface area (Å²) in [7, 11) is 0. The molecular weight excluding hydrogens is 256 g/mol. The molecule has 0 saturated carbocycles. The van der Waals surface area contributed by atoms with Gasteiger partial charge in [0.15, 0.2) is 0 Å². The van der Waals surface area contributed by atoms with Gasteiger partial charge < -0.3 is 10.6 Å². The smallest absolute Gasteiger partial charge is 0.135 e. The first-order valence-electron chi connectivity index (χ1n) is 7.11. The third-order valence-corrected chi connectivity index (χ3v) is 6.07. The Bertz CT molecular complexity index is 449. The van der Waals surface area contributed by atoms with Gasteiger partial charge in [-0.05, 0) is 38.4 Å². The topological polar surface area (TPSA) is 55.0 Å². The van der Waals surface area contributed by atoms with Gasteiger partial charge in [0.2, 0.25) is 0 Å². The largest absolute Gasteiger partial charge is 0.356 e. The van der Waals surface area contributed by atoms with Crippen molar-refractivity contribution in [3.8, 4) is 0 Å². The minimum atomic E-state index is 0.284. The number of nitrogens with zero attached hydrogens (tertiary/aromatic N) is 3. The summed E-state index contributed by atoms with van der Waals surface area (Å²) < 4.78 is 0.284. The molecule has 1 aliphatic heterocycles. The molecule has 4 nitrogen and oxygen atoms in total. The van der Waals surface area contributed by atoms with Gasteiger partial charge in [-0.1, -0.05) is 0 Å². The third-order valence-electron chi connectivity index (χ3n) is 4.63. The van der Waals surface area contributed by atoms with E-state index in [1.807, 2.05) is 11.8 Å². The predicted octanol–water partition coefficient (Wildman–Crippen LogP) is 1.63. The van der Waals surface area contributed by atoms with E-state index in [9.17, 15) is 0 Å². The second kappa shape index (κ2) is 5.29. The number of anilines is 1. The first-order valence-corrected chi connectivity index (χ1v) is 8.33. The Labute approximate surface area is 119 Å². The maximum atomic E-state index is 5.96. The fraction of sp³-hybridized carbons (Fsp3) is 0.714. The molecule has 1 aromatic heterocycles. The van der Waals surface area contributed by atoms with Gasteiger partial charge >= 0.3 is 0 Å². The highest BCUT2D eigenvalue weighted by molar-refractivity contribution is 8.00. The highest BCUT2D eigenvalue weighted by atomic mass is 32.2. The number of aromatic nitrogens is 2. The van der Waals surface area contributed by atoms with Crippen molar-refractivity contribution >= 4 is 17.6 Å². The van der Waals surface area contributed by atoms with Crippen LogP contribution in [0.2, 0.25) is 0 Å². The number of hydrogen-bond donors (Lipinski definition) is 1. The minimum Gasteiger partial charge on any atom is -0.356 e. The van der Waals surface area contributed by atoms with E-state index in [4.69, 9.17) is 5.73 Å². The highest BCUT2D eigenvalue weighted by Gasteiger charge is 2.34. The number of piperidine rings is 1. The molecule has 0 unspecified atom stereocenters. The number of fused-ring (bicyclic) bond motifs is 1. The lowest BCUT2D eigenvalue weighted by Crippen LogP contribution is -2.47. The molecule has 0 atom stereocenters. The van der Waals surface area contributed by atoms with Crippen molar-refractivity contribution < 1.29 is 0 Å². The Kier molecular flexibility index (Phi) is 3.67. The molecule has 1 aliphatic carbocycles. The fourth-order valence-electron chi connectivity index (χ4n) is 3.23. The van der Waals surface area contributed by atoms with Crippen LogP contribution in [0.3, 0.4) is 0 Å². The SMILES string of the molecule is CSC1(CN)CCN(c2ncnc3c2CCC3)CC1. The molecule has 0 amide bonds. The average Bonchev–Trinajstić information content (AvgIpc) is 2.96. The van der Waals surface area contributed by atoms with Crippen LogP contribution in [0.5, 0.6) is 0 Å². The number of thioether (sulfide) groups is 1. The zero-order valence-corrected chi connectivity index (χ0v) is 12.4. The maximum absolute atomic E-state index is 5.96. The van der Waals surface area contributed by atoms with Crippen molar-refractivity contribution in [1.29, 1.82) is 0 Å². The van der Waals surface area contributed by atoms with Gasteiger partial charge in [0.1, 0.15) is 12.1 Å². The summed E-state index contributed by atoms with van der Waals surface area (Å²) in [4.78, 5) is 11.4. The second-order valence-electron chi connectivity index (χ2n) is 5.55. The highest BCUT2D eigenvalue weighted by Crippen LogP contribution is 2.36. The van der Waals surface area contributed by atoms with Crippen LogP contribution in [-0.2, 0) is 12.8 Å². The quantitative estimate of drug-likeness (QED) is 0.910. The first kappa shape index (κ1) is 13.2. The molecule has 104 valence electrons. The monoisotopic (exact) mass is 278 g/mol. The van der Waals surface area contributed by atoms with Crippen LogP contribution in [0.25, 0.3) is 0 Å². The van der Waals surface area contributed by atoms with Crippen molar-refractivity contribution in [2.24, 2.45) is 5.73 Å². The summed E-state index contributed by atoms with van der Waals surface area (Å²) in [5, 5.41) is 0. The molecule has 1 saturated heterocycles. The number of aryl methyl sites for hydroxylation is 1. The van der Waals surface area contributed by atoms with Crippen LogP contribution in [0.15, 0.2) is 6.33 Å². The molecule has 2 heterocycles. The molecule has 3 rings (SSSR count). The van der Waals surface area contributed by atoms with Crippen LogP contribution in [-0.4, -0.2) is 40.6 Å². The Morgan fingerprint density at radius 2 is 2.11 bits per heavy atom. The van der Waals surface area contributed by atoms with E-state index in [-0.39, 0.29) is 4.75 Å². The maximum Gasteiger partial charge on any atom is 0.135 e. The van der Waals surface area contributed by atoms with Gasteiger partial charge in [0.25, 0.3) is 0 Å². The molecule has 1 fully saturated rings. The second-order valence-corrected chi connectivity index (χ2v) is 6.83. The third kappa shape index (κ3) is 2.34. The summed E-state index contributed by atoms with van der Waals surface area (Å²) in [6.07, 6.45) is 9.73. The van der Waals surface area contributed by atoms with Gasteiger partial charge in [-0.2, -0.15) is 11.8 Å². The van der Waals surface area contributed by atoms with Crippen LogP contribution in [0.4, 0.5) is 5.82 Å². The lowest BCUT2D eigenvalue weighted by atomic mass is 9.95. The van der Waals surface area contributed by atoms with Crippen LogP contribution in [0.1, 0.15) is 30.5 Å². The summed E-state index contributed by atoms with van der Waals surface area (Å²) in [6, 6.07) is 0. The van der Waals surface area contributed by atoms with Gasteiger partial charge in [-0.3, -0.25) is 0 Å². The Morgan fingerprint density at radius 3 is 2.79 bits per heavy atom. The lowest BCUT2D eigenvalue weighted by Gasteiger charge is -2.41. The van der Waals surface area contributed by atoms with Crippen LogP contribution in [0, 0.1) is 0 Å². The fourth-order valence-corrected chi connectivity index (χ4v) is 3.99. The number of rotatable bonds is 3. The van der Waals surface area contributed by atoms with E-state index in [1.54, 1.807) is 6.33 Å². The average molecular weight is 278 g/mol. The zero-order valence-electron chi connectivity index (χ0n) is 11.6. The van der Waals surface area contributed by atoms with Gasteiger partial charge in [0.05, 0.1) is 0 Å². The van der Waals surface area contributed by atoms with E-state index >= 15 is 0 Å². The molecule has 0 spiro atoms. The minimum absolute atomic E-state index is 0.284. The van der Waals surface area contributed by atoms with Crippen molar-refractivity contribution in [2.45, 2.75) is 36.9 Å². The summed E-state index contributed by atoms with van der Waals surface area (Å²) >= 11 is 1.93. The molecule has 1 aromatic rings. The molecular formula is C14H22N4S. The Morgan fingerprint density at radius 1 is 1.32 bits per heavy atom. The predicted molar refractivity (Wildman–Crippen MR) is 80.8 cm³/mol. The van der Waals surface area contributed by atoms with E-state index in [0.717, 1.165) is 45.3 Å². The number of nitrogens with two attached hydrogens (primary N) is 1. The molecule has 5 heteroatoms. The standard InChI is InChI=1S/C14H22N4S/c1-19-14(9-15)5-7-18(8-6-14)13-11-3-2-4-12(11)16-10-17-13/h10H,2-9,15H2,1H3. The van der Waals surface area contributed by atoms with Crippen molar-refractivity contribution in [2.75, 3.05) is 30.8 Å². The summed E-state index contributed by atoms with van der Waals surface area (Å²) in [5.41, 5.74) is 8.62. The normalized spacial score (nSPS) is 21.5. The molecule has 0 radical (unpaired) electrons. The van der Waals surface area contributed by atoms with E-state index in [0.29, 0.717) is 0 Å². The first-order chi connectivity index (χ1) is 9.28. The van der Waals surface area contributed by atoms with Gasteiger partial charge in [-0.15, -0.1) is 0 Å².